The second kappa shape index (κ2) is 6.66. The number of aromatic nitrogens is 2. The Kier molecular flexibility index (Phi) is 4.67. The number of hydrogen-bond donors (Lipinski definition) is 2. The van der Waals surface area contributed by atoms with E-state index in [2.05, 4.69) is 15.3 Å². The van der Waals surface area contributed by atoms with E-state index in [1.807, 2.05) is 0 Å². The minimum atomic E-state index is -1.09. The van der Waals surface area contributed by atoms with Crippen LogP contribution in [-0.4, -0.2) is 34.1 Å². The van der Waals surface area contributed by atoms with Crippen molar-refractivity contribution in [2.45, 2.75) is 13.3 Å². The number of nitrogens with zero attached hydrogens (tertiary/aromatic N) is 2. The third-order valence-corrected chi connectivity index (χ3v) is 2.93. The Labute approximate surface area is 127 Å². The largest absolute Gasteiger partial charge is 0.497 e. The molecule has 0 spiro atoms. The normalized spacial score (nSPS) is 10.1. The van der Waals surface area contributed by atoms with Crippen LogP contribution in [0.5, 0.6) is 5.75 Å². The van der Waals surface area contributed by atoms with Gasteiger partial charge in [0, 0.05) is 18.0 Å². The topological polar surface area (TPSA) is 101 Å². The Bertz CT molecular complexity index is 716. The highest BCUT2D eigenvalue weighted by atomic mass is 16.5. The number of carboxylic acids is 1. The van der Waals surface area contributed by atoms with Crippen molar-refractivity contribution in [2.24, 2.45) is 0 Å². The highest BCUT2D eigenvalue weighted by Gasteiger charge is 2.12. The summed E-state index contributed by atoms with van der Waals surface area (Å²) in [4.78, 5) is 30.8. The van der Waals surface area contributed by atoms with Gasteiger partial charge in [-0.25, -0.2) is 14.8 Å². The fourth-order valence-electron chi connectivity index (χ4n) is 1.86. The van der Waals surface area contributed by atoms with Crippen molar-refractivity contribution in [1.29, 1.82) is 0 Å². The number of anilines is 1. The van der Waals surface area contributed by atoms with Gasteiger partial charge in [-0.05, 0) is 19.1 Å². The van der Waals surface area contributed by atoms with E-state index >= 15 is 0 Å². The highest BCUT2D eigenvalue weighted by molar-refractivity contribution is 5.92. The molecule has 1 aromatic carbocycles. The van der Waals surface area contributed by atoms with Gasteiger partial charge in [0.25, 0.3) is 0 Å². The summed E-state index contributed by atoms with van der Waals surface area (Å²) in [5, 5.41) is 11.6. The summed E-state index contributed by atoms with van der Waals surface area (Å²) in [7, 11) is 1.54. The smallest absolute Gasteiger partial charge is 0.339 e. The lowest BCUT2D eigenvalue weighted by Crippen LogP contribution is -2.17. The number of nitrogens with one attached hydrogen (secondary N) is 1. The zero-order valence-corrected chi connectivity index (χ0v) is 12.2. The maximum Gasteiger partial charge on any atom is 0.339 e. The van der Waals surface area contributed by atoms with Crippen LogP contribution >= 0.6 is 0 Å². The van der Waals surface area contributed by atoms with Crippen LogP contribution in [0.15, 0.2) is 30.5 Å². The zero-order chi connectivity index (χ0) is 16.1. The first-order valence-electron chi connectivity index (χ1n) is 6.49. The summed E-state index contributed by atoms with van der Waals surface area (Å²) >= 11 is 0. The maximum atomic E-state index is 12.0. The molecular weight excluding hydrogens is 286 g/mol. The van der Waals surface area contributed by atoms with E-state index in [1.165, 1.54) is 6.20 Å². The average molecular weight is 301 g/mol. The number of aromatic carboxylic acids is 1. The number of carbonyl (C=O) groups is 2. The minimum absolute atomic E-state index is 0.0250. The van der Waals surface area contributed by atoms with Crippen LogP contribution in [0.3, 0.4) is 0 Å². The molecule has 2 aromatic rings. The summed E-state index contributed by atoms with van der Waals surface area (Å²) in [6.45, 7) is 1.56. The lowest BCUT2D eigenvalue weighted by Gasteiger charge is -2.07. The lowest BCUT2D eigenvalue weighted by molar-refractivity contribution is -0.115. The van der Waals surface area contributed by atoms with E-state index in [0.717, 1.165) is 0 Å². The molecule has 0 atom stereocenters. The van der Waals surface area contributed by atoms with Crippen LogP contribution in [0.1, 0.15) is 21.9 Å². The van der Waals surface area contributed by atoms with Crippen molar-refractivity contribution < 1.29 is 19.4 Å². The fraction of sp³-hybridized carbons (Fsp3) is 0.200. The number of carbonyl (C=O) groups excluding carboxylic acids is 1. The standard InChI is InChI=1S/C15H15N3O4/c1-9-12(15(20)21)8-16-13(17-9)7-14(19)18-10-4-3-5-11(6-10)22-2/h3-6,8H,7H2,1-2H3,(H,18,19)(H,20,21). The van der Waals surface area contributed by atoms with Gasteiger partial charge < -0.3 is 15.2 Å². The van der Waals surface area contributed by atoms with Crippen LogP contribution in [0, 0.1) is 6.92 Å². The molecule has 0 aliphatic heterocycles. The fourth-order valence-corrected chi connectivity index (χ4v) is 1.86. The molecule has 114 valence electrons. The first-order chi connectivity index (χ1) is 10.5. The van der Waals surface area contributed by atoms with Gasteiger partial charge >= 0.3 is 5.97 Å². The molecule has 0 fully saturated rings. The van der Waals surface area contributed by atoms with Gasteiger partial charge in [0.15, 0.2) is 0 Å². The van der Waals surface area contributed by atoms with Crippen LogP contribution in [0.4, 0.5) is 5.69 Å². The quantitative estimate of drug-likeness (QED) is 0.871. The molecule has 7 nitrogen and oxygen atoms in total. The van der Waals surface area contributed by atoms with E-state index in [-0.39, 0.29) is 23.7 Å². The first kappa shape index (κ1) is 15.4. The first-order valence-corrected chi connectivity index (χ1v) is 6.49. The predicted molar refractivity (Wildman–Crippen MR) is 79.1 cm³/mol. The van der Waals surface area contributed by atoms with Crippen molar-refractivity contribution >= 4 is 17.6 Å². The number of ether oxygens (including phenoxy) is 1. The Morgan fingerprint density at radius 1 is 1.36 bits per heavy atom. The number of hydrogen-bond acceptors (Lipinski definition) is 5. The van der Waals surface area contributed by atoms with Gasteiger partial charge in [0.05, 0.1) is 24.8 Å². The van der Waals surface area contributed by atoms with Crippen LogP contribution < -0.4 is 10.1 Å². The molecular formula is C15H15N3O4. The molecule has 0 saturated heterocycles. The summed E-state index contributed by atoms with van der Waals surface area (Å²) in [5.41, 5.74) is 0.951. The van der Waals surface area contributed by atoms with Gasteiger partial charge in [-0.15, -0.1) is 0 Å². The Hall–Kier alpha value is -2.96. The van der Waals surface area contributed by atoms with Crippen molar-refractivity contribution in [3.63, 3.8) is 0 Å². The van der Waals surface area contributed by atoms with E-state index in [0.29, 0.717) is 17.1 Å². The van der Waals surface area contributed by atoms with E-state index in [9.17, 15) is 9.59 Å². The van der Waals surface area contributed by atoms with Crippen molar-refractivity contribution in [1.82, 2.24) is 9.97 Å². The monoisotopic (exact) mass is 301 g/mol. The number of amides is 1. The molecule has 0 saturated carbocycles. The number of benzene rings is 1. The summed E-state index contributed by atoms with van der Waals surface area (Å²) in [5.74, 6) is -0.487. The van der Waals surface area contributed by atoms with Gasteiger partial charge in [-0.1, -0.05) is 6.07 Å². The molecule has 2 N–H and O–H groups in total. The Morgan fingerprint density at radius 2 is 2.14 bits per heavy atom. The second-order valence-corrected chi connectivity index (χ2v) is 4.55. The average Bonchev–Trinajstić information content (AvgIpc) is 2.47. The highest BCUT2D eigenvalue weighted by Crippen LogP contribution is 2.16. The summed E-state index contributed by atoms with van der Waals surface area (Å²) in [6.07, 6.45) is 1.16. The van der Waals surface area contributed by atoms with Crippen LogP contribution in [0.25, 0.3) is 0 Å². The Balaban J connectivity index is 2.05. The SMILES string of the molecule is COc1cccc(NC(=O)Cc2ncc(C(=O)O)c(C)n2)c1. The molecule has 0 radical (unpaired) electrons. The number of methoxy groups -OCH3 is 1. The molecule has 0 aliphatic carbocycles. The third kappa shape index (κ3) is 3.78. The van der Waals surface area contributed by atoms with Gasteiger partial charge in [-0.2, -0.15) is 0 Å². The third-order valence-electron chi connectivity index (χ3n) is 2.93. The Morgan fingerprint density at radius 3 is 2.77 bits per heavy atom. The number of carboxylic acid groups (broad SMARTS) is 1. The summed E-state index contributed by atoms with van der Waals surface area (Å²) < 4.78 is 5.07. The maximum absolute atomic E-state index is 12.0. The zero-order valence-electron chi connectivity index (χ0n) is 12.2. The van der Waals surface area contributed by atoms with Gasteiger partial charge in [0.1, 0.15) is 11.6 Å². The molecule has 2 rings (SSSR count). The number of aryl methyl sites for hydroxylation is 1. The molecule has 0 bridgehead atoms. The summed E-state index contributed by atoms with van der Waals surface area (Å²) in [6, 6.07) is 6.96. The van der Waals surface area contributed by atoms with Crippen molar-refractivity contribution in [2.75, 3.05) is 12.4 Å². The molecule has 1 aromatic heterocycles. The van der Waals surface area contributed by atoms with Crippen molar-refractivity contribution in [3.8, 4) is 5.75 Å². The molecule has 1 heterocycles. The number of rotatable bonds is 5. The molecule has 0 aliphatic rings. The molecule has 0 unspecified atom stereocenters. The predicted octanol–water partition coefficient (Wildman–Crippen LogP) is 1.67. The van der Waals surface area contributed by atoms with Crippen molar-refractivity contribution in [3.05, 3.63) is 47.5 Å². The second-order valence-electron chi connectivity index (χ2n) is 4.55. The van der Waals surface area contributed by atoms with E-state index in [1.54, 1.807) is 38.3 Å². The molecule has 1 amide bonds. The van der Waals surface area contributed by atoms with E-state index < -0.39 is 5.97 Å². The van der Waals surface area contributed by atoms with Gasteiger partial charge in [0.2, 0.25) is 5.91 Å². The molecule has 22 heavy (non-hydrogen) atoms. The van der Waals surface area contributed by atoms with Crippen LogP contribution in [0.2, 0.25) is 0 Å². The lowest BCUT2D eigenvalue weighted by atomic mass is 10.2. The van der Waals surface area contributed by atoms with E-state index in [4.69, 9.17) is 9.84 Å². The molecule has 7 heteroatoms. The van der Waals surface area contributed by atoms with Crippen LogP contribution in [-0.2, 0) is 11.2 Å². The minimum Gasteiger partial charge on any atom is -0.497 e. The van der Waals surface area contributed by atoms with Gasteiger partial charge in [-0.3, -0.25) is 4.79 Å².